The van der Waals surface area contributed by atoms with Crippen LogP contribution in [0.15, 0.2) is 18.3 Å². The summed E-state index contributed by atoms with van der Waals surface area (Å²) in [6.45, 7) is 7.14. The monoisotopic (exact) mass is 306 g/mol. The number of nitrogens with one attached hydrogen (secondary N) is 1. The van der Waals surface area contributed by atoms with Gasteiger partial charge >= 0.3 is 0 Å². The number of aromatic nitrogens is 1. The second kappa shape index (κ2) is 7.58. The molecule has 5 heteroatoms. The van der Waals surface area contributed by atoms with Gasteiger partial charge in [0, 0.05) is 12.7 Å². The fraction of sp³-hybridized carbons (Fsp3) is 0.647. The van der Waals surface area contributed by atoms with Gasteiger partial charge in [0.1, 0.15) is 5.60 Å². The van der Waals surface area contributed by atoms with E-state index in [1.807, 2.05) is 19.9 Å². The van der Waals surface area contributed by atoms with Crippen LogP contribution in [0.5, 0.6) is 5.88 Å². The van der Waals surface area contributed by atoms with Gasteiger partial charge in [-0.25, -0.2) is 4.98 Å². The van der Waals surface area contributed by atoms with Gasteiger partial charge in [-0.15, -0.1) is 0 Å². The van der Waals surface area contributed by atoms with Crippen LogP contribution < -0.4 is 10.1 Å². The van der Waals surface area contributed by atoms with Crippen molar-refractivity contribution >= 4 is 11.6 Å². The topological polar surface area (TPSA) is 60.5 Å². The highest BCUT2D eigenvalue weighted by Gasteiger charge is 2.42. The number of anilines is 1. The Balaban J connectivity index is 2.07. The number of pyridine rings is 1. The molecule has 1 heterocycles. The molecule has 2 atom stereocenters. The lowest BCUT2D eigenvalue weighted by atomic mass is 9.78. The van der Waals surface area contributed by atoms with Crippen LogP contribution in [0.25, 0.3) is 0 Å². The quantitative estimate of drug-likeness (QED) is 0.875. The third-order valence-corrected chi connectivity index (χ3v) is 4.08. The summed E-state index contributed by atoms with van der Waals surface area (Å²) in [5.41, 5.74) is -0.0314. The van der Waals surface area contributed by atoms with E-state index in [2.05, 4.69) is 17.2 Å². The molecule has 122 valence electrons. The summed E-state index contributed by atoms with van der Waals surface area (Å²) in [6, 6.07) is 3.57. The largest absolute Gasteiger partial charge is 0.478 e. The number of rotatable bonds is 6. The first kappa shape index (κ1) is 16.7. The SMILES string of the molecule is CCOc1ccc(NC(=O)[C@]2(OCC)CCC[C@@H](C)C2)cn1. The predicted molar refractivity (Wildman–Crippen MR) is 86.0 cm³/mol. The maximum atomic E-state index is 12.7. The molecule has 1 amide bonds. The van der Waals surface area contributed by atoms with Crippen LogP contribution in [0.3, 0.4) is 0 Å². The van der Waals surface area contributed by atoms with Gasteiger partial charge in [0.15, 0.2) is 0 Å². The molecule has 1 aromatic rings. The van der Waals surface area contributed by atoms with Crippen molar-refractivity contribution in [1.82, 2.24) is 4.98 Å². The Bertz CT molecular complexity index is 485. The molecule has 5 nitrogen and oxygen atoms in total. The van der Waals surface area contributed by atoms with Crippen molar-refractivity contribution in [3.63, 3.8) is 0 Å². The maximum Gasteiger partial charge on any atom is 0.256 e. The molecular weight excluding hydrogens is 280 g/mol. The summed E-state index contributed by atoms with van der Waals surface area (Å²) in [4.78, 5) is 16.9. The van der Waals surface area contributed by atoms with Gasteiger partial charge in [-0.2, -0.15) is 0 Å². The lowest BCUT2D eigenvalue weighted by Gasteiger charge is -2.38. The van der Waals surface area contributed by atoms with Gasteiger partial charge in [0.2, 0.25) is 5.88 Å². The highest BCUT2D eigenvalue weighted by Crippen LogP contribution is 2.36. The molecule has 1 aliphatic carbocycles. The minimum Gasteiger partial charge on any atom is -0.478 e. The molecule has 0 radical (unpaired) electrons. The van der Waals surface area contributed by atoms with Crippen molar-refractivity contribution in [2.75, 3.05) is 18.5 Å². The summed E-state index contributed by atoms with van der Waals surface area (Å²) in [5, 5.41) is 2.95. The van der Waals surface area contributed by atoms with E-state index in [9.17, 15) is 4.79 Å². The number of ether oxygens (including phenoxy) is 2. The molecule has 0 aromatic carbocycles. The molecule has 22 heavy (non-hydrogen) atoms. The lowest BCUT2D eigenvalue weighted by molar-refractivity contribution is -0.147. The first-order valence-corrected chi connectivity index (χ1v) is 8.14. The molecule has 1 N–H and O–H groups in total. The van der Waals surface area contributed by atoms with Gasteiger partial charge in [0.05, 0.1) is 18.5 Å². The Morgan fingerprint density at radius 2 is 2.23 bits per heavy atom. The lowest BCUT2D eigenvalue weighted by Crippen LogP contribution is -2.48. The first-order chi connectivity index (χ1) is 10.6. The average Bonchev–Trinajstić information content (AvgIpc) is 2.50. The van der Waals surface area contributed by atoms with Gasteiger partial charge in [-0.1, -0.05) is 13.3 Å². The van der Waals surface area contributed by atoms with Gasteiger partial charge < -0.3 is 14.8 Å². The van der Waals surface area contributed by atoms with Gasteiger partial charge in [-0.05, 0) is 45.1 Å². The molecule has 0 spiro atoms. The molecule has 1 saturated carbocycles. The van der Waals surface area contributed by atoms with E-state index in [0.29, 0.717) is 30.7 Å². The predicted octanol–water partition coefficient (Wildman–Crippen LogP) is 3.40. The van der Waals surface area contributed by atoms with E-state index in [-0.39, 0.29) is 5.91 Å². The van der Waals surface area contributed by atoms with Crippen molar-refractivity contribution in [1.29, 1.82) is 0 Å². The molecule has 2 rings (SSSR count). The molecule has 0 bridgehead atoms. The minimum atomic E-state index is -0.703. The number of carbonyl (C=O) groups is 1. The Kier molecular flexibility index (Phi) is 5.77. The Hall–Kier alpha value is -1.62. The summed E-state index contributed by atoms with van der Waals surface area (Å²) in [6.07, 6.45) is 5.36. The normalized spacial score (nSPS) is 24.8. The van der Waals surface area contributed by atoms with E-state index in [0.717, 1.165) is 25.7 Å². The summed E-state index contributed by atoms with van der Waals surface area (Å²) >= 11 is 0. The van der Waals surface area contributed by atoms with E-state index in [4.69, 9.17) is 9.47 Å². The number of hydrogen-bond acceptors (Lipinski definition) is 4. The Morgan fingerprint density at radius 1 is 1.41 bits per heavy atom. The third-order valence-electron chi connectivity index (χ3n) is 4.08. The highest BCUT2D eigenvalue weighted by molar-refractivity contribution is 5.97. The molecule has 1 fully saturated rings. The molecule has 0 saturated heterocycles. The average molecular weight is 306 g/mol. The Labute approximate surface area is 132 Å². The summed E-state index contributed by atoms with van der Waals surface area (Å²) < 4.78 is 11.2. The Morgan fingerprint density at radius 3 is 2.82 bits per heavy atom. The van der Waals surface area contributed by atoms with E-state index in [1.165, 1.54) is 0 Å². The molecule has 1 aromatic heterocycles. The van der Waals surface area contributed by atoms with Gasteiger partial charge in [-0.3, -0.25) is 4.79 Å². The third kappa shape index (κ3) is 3.97. The fourth-order valence-electron chi connectivity index (χ4n) is 3.11. The van der Waals surface area contributed by atoms with Crippen LogP contribution in [0.2, 0.25) is 0 Å². The molecule has 1 aliphatic rings. The van der Waals surface area contributed by atoms with E-state index < -0.39 is 5.60 Å². The van der Waals surface area contributed by atoms with Crippen LogP contribution >= 0.6 is 0 Å². The number of amides is 1. The van der Waals surface area contributed by atoms with Crippen molar-refractivity contribution < 1.29 is 14.3 Å². The van der Waals surface area contributed by atoms with E-state index in [1.54, 1.807) is 12.3 Å². The van der Waals surface area contributed by atoms with Crippen molar-refractivity contribution in [2.45, 2.75) is 52.1 Å². The summed E-state index contributed by atoms with van der Waals surface area (Å²) in [7, 11) is 0. The van der Waals surface area contributed by atoms with Crippen LogP contribution in [0.1, 0.15) is 46.5 Å². The highest BCUT2D eigenvalue weighted by atomic mass is 16.5. The zero-order chi connectivity index (χ0) is 16.0. The molecule has 0 unspecified atom stereocenters. The number of nitrogens with zero attached hydrogens (tertiary/aromatic N) is 1. The fourth-order valence-corrected chi connectivity index (χ4v) is 3.11. The zero-order valence-electron chi connectivity index (χ0n) is 13.7. The number of carbonyl (C=O) groups excluding carboxylic acids is 1. The van der Waals surface area contributed by atoms with Crippen LogP contribution in [-0.4, -0.2) is 29.7 Å². The van der Waals surface area contributed by atoms with Gasteiger partial charge in [0.25, 0.3) is 5.91 Å². The van der Waals surface area contributed by atoms with E-state index >= 15 is 0 Å². The van der Waals surface area contributed by atoms with Crippen LogP contribution in [0, 0.1) is 5.92 Å². The van der Waals surface area contributed by atoms with Crippen molar-refractivity contribution in [3.05, 3.63) is 18.3 Å². The standard InChI is InChI=1S/C17H26N2O3/c1-4-21-15-9-8-14(12-18-15)19-16(20)17(22-5-2)10-6-7-13(3)11-17/h8-9,12-13H,4-7,10-11H2,1-3H3,(H,19,20)/t13-,17+/m1/s1. The summed E-state index contributed by atoms with van der Waals surface area (Å²) in [5.74, 6) is 1.00. The van der Waals surface area contributed by atoms with Crippen molar-refractivity contribution in [2.24, 2.45) is 5.92 Å². The smallest absolute Gasteiger partial charge is 0.256 e. The first-order valence-electron chi connectivity index (χ1n) is 8.14. The molecular formula is C17H26N2O3. The van der Waals surface area contributed by atoms with Crippen LogP contribution in [-0.2, 0) is 9.53 Å². The minimum absolute atomic E-state index is 0.0631. The molecule has 0 aliphatic heterocycles. The second-order valence-electron chi connectivity index (χ2n) is 5.90. The second-order valence-corrected chi connectivity index (χ2v) is 5.90. The maximum absolute atomic E-state index is 12.7. The number of hydrogen-bond donors (Lipinski definition) is 1. The van der Waals surface area contributed by atoms with Crippen molar-refractivity contribution in [3.8, 4) is 5.88 Å². The van der Waals surface area contributed by atoms with Crippen LogP contribution in [0.4, 0.5) is 5.69 Å². The zero-order valence-corrected chi connectivity index (χ0v) is 13.7.